The summed E-state index contributed by atoms with van der Waals surface area (Å²) >= 11 is 0. The second-order valence-electron chi connectivity index (χ2n) is 6.69. The van der Waals surface area contributed by atoms with E-state index in [-0.39, 0.29) is 23.3 Å². The largest absolute Gasteiger partial charge is 0.398 e. The van der Waals surface area contributed by atoms with E-state index in [1.54, 1.807) is 0 Å². The van der Waals surface area contributed by atoms with E-state index in [0.717, 1.165) is 36.3 Å². The smallest absolute Gasteiger partial charge is 0.142 e. The van der Waals surface area contributed by atoms with E-state index in [2.05, 4.69) is 25.1 Å². The molecule has 5 heteroatoms. The summed E-state index contributed by atoms with van der Waals surface area (Å²) in [6.45, 7) is 6.04. The Morgan fingerprint density at radius 3 is 2.88 bits per heavy atom. The van der Waals surface area contributed by atoms with Gasteiger partial charge in [0.05, 0.1) is 16.9 Å². The maximum absolute atomic E-state index is 14.5. The molecule has 2 N–H and O–H groups in total. The van der Waals surface area contributed by atoms with Crippen molar-refractivity contribution >= 4 is 5.69 Å². The molecule has 1 aliphatic rings. The maximum Gasteiger partial charge on any atom is 0.142 e. The van der Waals surface area contributed by atoms with Crippen LogP contribution in [-0.2, 0) is 12.8 Å². The van der Waals surface area contributed by atoms with Gasteiger partial charge in [-0.1, -0.05) is 25.9 Å². The topological polar surface area (TPSA) is 75.8 Å². The van der Waals surface area contributed by atoms with Gasteiger partial charge in [-0.2, -0.15) is 5.26 Å². The molecule has 0 saturated heterocycles. The minimum atomic E-state index is -0.344. The van der Waals surface area contributed by atoms with Crippen molar-refractivity contribution in [3.8, 4) is 6.07 Å². The van der Waals surface area contributed by atoms with Crippen LogP contribution in [0.1, 0.15) is 79.2 Å². The molecule has 0 aliphatic heterocycles. The molecule has 3 rings (SSSR count). The average molecular weight is 327 g/mol. The van der Waals surface area contributed by atoms with Gasteiger partial charge >= 0.3 is 0 Å². The predicted octanol–water partition coefficient (Wildman–Crippen LogP) is 4.42. The summed E-state index contributed by atoms with van der Waals surface area (Å²) in [5.74, 6) is 0.672. The van der Waals surface area contributed by atoms with Gasteiger partial charge in [-0.3, -0.25) is 0 Å². The van der Waals surface area contributed by atoms with Gasteiger partial charge in [0.2, 0.25) is 0 Å². The molecule has 24 heavy (non-hydrogen) atoms. The highest BCUT2D eigenvalue weighted by molar-refractivity contribution is 5.63. The van der Waals surface area contributed by atoms with E-state index < -0.39 is 0 Å². The summed E-state index contributed by atoms with van der Waals surface area (Å²) < 4.78 is 20.0. The van der Waals surface area contributed by atoms with Crippen molar-refractivity contribution in [2.24, 2.45) is 0 Å². The van der Waals surface area contributed by atoms with Gasteiger partial charge in [-0.25, -0.2) is 4.39 Å². The number of nitrogens with two attached hydrogens (primary N) is 1. The van der Waals surface area contributed by atoms with E-state index in [1.165, 1.54) is 6.07 Å². The zero-order valence-corrected chi connectivity index (χ0v) is 14.3. The van der Waals surface area contributed by atoms with Crippen molar-refractivity contribution in [2.45, 2.75) is 58.3 Å². The number of benzene rings is 1. The van der Waals surface area contributed by atoms with Crippen LogP contribution in [0.15, 0.2) is 10.6 Å². The van der Waals surface area contributed by atoms with Crippen LogP contribution in [0.4, 0.5) is 10.1 Å². The first-order valence-corrected chi connectivity index (χ1v) is 8.48. The summed E-state index contributed by atoms with van der Waals surface area (Å²) in [5, 5.41) is 13.9. The molecular formula is C19H22FN3O. The lowest BCUT2D eigenvalue weighted by molar-refractivity contribution is 0.363. The molecule has 1 heterocycles. The van der Waals surface area contributed by atoms with Crippen molar-refractivity contribution in [3.63, 3.8) is 0 Å². The van der Waals surface area contributed by atoms with Crippen LogP contribution in [-0.4, -0.2) is 5.16 Å². The standard InChI is InChI=1S/C19H22FN3O/c1-4-11-15(20)8-16(22)14(9-21)17(11)12-6-5-7-13-18(12)23-24-19(13)10(2)3/h8,10,12H,4-7,22H2,1-3H3. The minimum absolute atomic E-state index is 0.132. The first kappa shape index (κ1) is 16.5. The lowest BCUT2D eigenvalue weighted by Crippen LogP contribution is -2.16. The number of hydrogen-bond donors (Lipinski definition) is 1. The Morgan fingerprint density at radius 1 is 1.50 bits per heavy atom. The fourth-order valence-corrected chi connectivity index (χ4v) is 3.81. The van der Waals surface area contributed by atoms with E-state index in [9.17, 15) is 9.65 Å². The summed E-state index contributed by atoms with van der Waals surface area (Å²) in [4.78, 5) is 0. The third-order valence-electron chi connectivity index (χ3n) is 4.89. The maximum atomic E-state index is 14.5. The number of nitrogens with zero attached hydrogens (tertiary/aromatic N) is 2. The highest BCUT2D eigenvalue weighted by Crippen LogP contribution is 2.43. The lowest BCUT2D eigenvalue weighted by Gasteiger charge is -2.25. The van der Waals surface area contributed by atoms with Gasteiger partial charge in [-0.05, 0) is 42.9 Å². The number of rotatable bonds is 3. The van der Waals surface area contributed by atoms with Crippen molar-refractivity contribution in [2.75, 3.05) is 5.73 Å². The lowest BCUT2D eigenvalue weighted by atomic mass is 9.77. The molecule has 0 fully saturated rings. The Labute approximate surface area is 141 Å². The number of nitriles is 1. The molecule has 4 nitrogen and oxygen atoms in total. The van der Waals surface area contributed by atoms with Crippen LogP contribution in [0.5, 0.6) is 0 Å². The SMILES string of the molecule is CCc1c(F)cc(N)c(C#N)c1C1CCCc2c1noc2C(C)C. The highest BCUT2D eigenvalue weighted by Gasteiger charge is 2.33. The molecule has 2 aromatic rings. The van der Waals surface area contributed by atoms with Crippen molar-refractivity contribution < 1.29 is 8.91 Å². The molecule has 126 valence electrons. The second-order valence-corrected chi connectivity index (χ2v) is 6.69. The number of aromatic nitrogens is 1. The fraction of sp³-hybridized carbons (Fsp3) is 0.474. The van der Waals surface area contributed by atoms with Crippen molar-refractivity contribution in [1.29, 1.82) is 5.26 Å². The summed E-state index contributed by atoms with van der Waals surface area (Å²) in [5.41, 5.74) is 9.73. The van der Waals surface area contributed by atoms with Gasteiger partial charge in [0.15, 0.2) is 0 Å². The van der Waals surface area contributed by atoms with Crippen LogP contribution in [0.3, 0.4) is 0 Å². The minimum Gasteiger partial charge on any atom is -0.398 e. The van der Waals surface area contributed by atoms with Crippen molar-refractivity contribution in [1.82, 2.24) is 5.16 Å². The van der Waals surface area contributed by atoms with Gasteiger partial charge in [0, 0.05) is 17.4 Å². The zero-order valence-electron chi connectivity index (χ0n) is 14.3. The Balaban J connectivity index is 2.24. The quantitative estimate of drug-likeness (QED) is 0.847. The molecule has 1 atom stereocenters. The van der Waals surface area contributed by atoms with Gasteiger partial charge in [-0.15, -0.1) is 0 Å². The van der Waals surface area contributed by atoms with Gasteiger partial charge in [0.1, 0.15) is 17.6 Å². The summed E-state index contributed by atoms with van der Waals surface area (Å²) in [6, 6.07) is 3.43. The first-order valence-electron chi connectivity index (χ1n) is 8.48. The monoisotopic (exact) mass is 327 g/mol. The van der Waals surface area contributed by atoms with Gasteiger partial charge < -0.3 is 10.3 Å². The predicted molar refractivity (Wildman–Crippen MR) is 90.3 cm³/mol. The van der Waals surface area contributed by atoms with Gasteiger partial charge in [0.25, 0.3) is 0 Å². The Kier molecular flexibility index (Phi) is 4.31. The number of halogens is 1. The van der Waals surface area contributed by atoms with E-state index >= 15 is 0 Å². The first-order chi connectivity index (χ1) is 11.5. The highest BCUT2D eigenvalue weighted by atomic mass is 19.1. The fourth-order valence-electron chi connectivity index (χ4n) is 3.81. The van der Waals surface area contributed by atoms with E-state index in [4.69, 9.17) is 10.3 Å². The van der Waals surface area contributed by atoms with Crippen LogP contribution in [0.2, 0.25) is 0 Å². The molecule has 1 aliphatic carbocycles. The van der Waals surface area contributed by atoms with Crippen LogP contribution in [0.25, 0.3) is 0 Å². The Bertz CT molecular complexity index is 817. The molecule has 1 unspecified atom stereocenters. The summed E-state index contributed by atoms with van der Waals surface area (Å²) in [7, 11) is 0. The van der Waals surface area contributed by atoms with E-state index in [0.29, 0.717) is 23.1 Å². The van der Waals surface area contributed by atoms with Crippen LogP contribution < -0.4 is 5.73 Å². The summed E-state index contributed by atoms with van der Waals surface area (Å²) in [6.07, 6.45) is 3.21. The second kappa shape index (κ2) is 6.27. The number of anilines is 1. The normalized spacial score (nSPS) is 16.9. The number of nitrogen functional groups attached to an aromatic ring is 1. The van der Waals surface area contributed by atoms with Crippen molar-refractivity contribution in [3.05, 3.63) is 45.6 Å². The van der Waals surface area contributed by atoms with Crippen LogP contribution >= 0.6 is 0 Å². The zero-order chi connectivity index (χ0) is 17.4. The molecule has 0 saturated carbocycles. The number of fused-ring (bicyclic) bond motifs is 1. The molecule has 0 amide bonds. The third-order valence-corrected chi connectivity index (χ3v) is 4.89. The Morgan fingerprint density at radius 2 is 2.25 bits per heavy atom. The molecular weight excluding hydrogens is 305 g/mol. The molecule has 1 aromatic heterocycles. The molecule has 0 bridgehead atoms. The number of hydrogen-bond acceptors (Lipinski definition) is 4. The molecule has 0 spiro atoms. The Hall–Kier alpha value is -2.35. The van der Waals surface area contributed by atoms with Crippen LogP contribution in [0, 0.1) is 17.1 Å². The molecule has 1 aromatic carbocycles. The average Bonchev–Trinajstić information content (AvgIpc) is 2.98. The third kappa shape index (κ3) is 2.47. The van der Waals surface area contributed by atoms with E-state index in [1.807, 2.05) is 6.92 Å². The molecule has 0 radical (unpaired) electrons.